The van der Waals surface area contributed by atoms with E-state index in [1.165, 1.54) is 0 Å². The topological polar surface area (TPSA) is 36.9 Å². The summed E-state index contributed by atoms with van der Waals surface area (Å²) in [5.41, 5.74) is 1.55. The number of hydrogen-bond acceptors (Lipinski definition) is 4. The van der Waals surface area contributed by atoms with E-state index in [2.05, 4.69) is 52.0 Å². The number of hydrogen-bond donors (Lipinski definition) is 0. The Morgan fingerprint density at radius 3 is 2.10 bits per heavy atom. The molecule has 2 saturated heterocycles. The van der Waals surface area contributed by atoms with Crippen molar-refractivity contribution in [2.24, 2.45) is 0 Å². The molecule has 114 valence electrons. The van der Waals surface area contributed by atoms with E-state index in [1.54, 1.807) is 0 Å². The minimum atomic E-state index is -0.312. The van der Waals surface area contributed by atoms with Gasteiger partial charge in [0.2, 0.25) is 0 Å². The third-order valence-corrected chi connectivity index (χ3v) is 4.65. The van der Waals surface area contributed by atoms with Crippen LogP contribution in [0, 0.1) is 0 Å². The smallest absolute Gasteiger partial charge is 0.399 e. The van der Waals surface area contributed by atoms with Gasteiger partial charge < -0.3 is 18.8 Å². The van der Waals surface area contributed by atoms with Gasteiger partial charge in [0, 0.05) is 0 Å². The Hall–Kier alpha value is -0.875. The van der Waals surface area contributed by atoms with Crippen molar-refractivity contribution in [2.75, 3.05) is 19.8 Å². The molecule has 5 heteroatoms. The molecule has 3 rings (SSSR count). The van der Waals surface area contributed by atoms with E-state index in [9.17, 15) is 0 Å². The standard InChI is InChI=1S/C16H23BO4/c1-15(2)16(3,4)21-17(20-15)13-7-5-12(6-8-13)14-11-18-9-10-19-14/h5-8,14H,9-11H2,1-4H3/t14-/m0/s1. The summed E-state index contributed by atoms with van der Waals surface area (Å²) in [6.45, 7) is 10.2. The predicted octanol–water partition coefficient (Wildman–Crippen LogP) is 2.07. The first-order valence-electron chi connectivity index (χ1n) is 7.54. The molecule has 1 atom stereocenters. The Kier molecular flexibility index (Phi) is 3.86. The average Bonchev–Trinajstić information content (AvgIpc) is 2.69. The maximum atomic E-state index is 6.06. The third-order valence-electron chi connectivity index (χ3n) is 4.65. The van der Waals surface area contributed by atoms with Gasteiger partial charge in [0.05, 0.1) is 31.0 Å². The number of ether oxygens (including phenoxy) is 2. The van der Waals surface area contributed by atoms with Gasteiger partial charge in [-0.15, -0.1) is 0 Å². The largest absolute Gasteiger partial charge is 0.494 e. The van der Waals surface area contributed by atoms with Crippen LogP contribution in [0.1, 0.15) is 39.4 Å². The minimum Gasteiger partial charge on any atom is -0.399 e. The van der Waals surface area contributed by atoms with Crippen molar-refractivity contribution in [2.45, 2.75) is 45.0 Å². The summed E-state index contributed by atoms with van der Waals surface area (Å²) < 4.78 is 23.3. The zero-order chi connectivity index (χ0) is 15.1. The minimum absolute atomic E-state index is 0.0334. The molecule has 0 aliphatic carbocycles. The SMILES string of the molecule is CC1(C)OB(c2ccc([C@@H]3COCCO3)cc2)OC1(C)C. The van der Waals surface area contributed by atoms with Crippen LogP contribution in [-0.2, 0) is 18.8 Å². The van der Waals surface area contributed by atoms with E-state index < -0.39 is 0 Å². The van der Waals surface area contributed by atoms with E-state index in [4.69, 9.17) is 18.8 Å². The fourth-order valence-corrected chi connectivity index (χ4v) is 2.53. The normalized spacial score (nSPS) is 27.8. The van der Waals surface area contributed by atoms with Gasteiger partial charge in [-0.3, -0.25) is 0 Å². The summed E-state index contributed by atoms with van der Waals surface area (Å²) in [7, 11) is -0.312. The van der Waals surface area contributed by atoms with Crippen molar-refractivity contribution in [1.82, 2.24) is 0 Å². The van der Waals surface area contributed by atoms with Crippen molar-refractivity contribution in [1.29, 1.82) is 0 Å². The van der Waals surface area contributed by atoms with Gasteiger partial charge in [0.15, 0.2) is 0 Å². The zero-order valence-electron chi connectivity index (χ0n) is 13.2. The molecule has 0 spiro atoms. The molecule has 0 bridgehead atoms. The van der Waals surface area contributed by atoms with Gasteiger partial charge in [0.25, 0.3) is 0 Å². The molecule has 2 heterocycles. The Morgan fingerprint density at radius 2 is 1.57 bits per heavy atom. The fraction of sp³-hybridized carbons (Fsp3) is 0.625. The van der Waals surface area contributed by atoms with E-state index in [0.717, 1.165) is 11.0 Å². The van der Waals surface area contributed by atoms with Crippen LogP contribution >= 0.6 is 0 Å². The summed E-state index contributed by atoms with van der Waals surface area (Å²) in [5, 5.41) is 0. The molecule has 0 aromatic heterocycles. The lowest BCUT2D eigenvalue weighted by Crippen LogP contribution is -2.41. The van der Waals surface area contributed by atoms with Crippen molar-refractivity contribution in [3.05, 3.63) is 29.8 Å². The first-order valence-corrected chi connectivity index (χ1v) is 7.54. The maximum absolute atomic E-state index is 6.06. The van der Waals surface area contributed by atoms with Crippen molar-refractivity contribution in [3.8, 4) is 0 Å². The molecule has 0 saturated carbocycles. The molecular weight excluding hydrogens is 267 g/mol. The predicted molar refractivity (Wildman–Crippen MR) is 81.7 cm³/mol. The Balaban J connectivity index is 1.73. The molecule has 0 unspecified atom stereocenters. The molecule has 0 radical (unpaired) electrons. The molecule has 21 heavy (non-hydrogen) atoms. The number of benzene rings is 1. The highest BCUT2D eigenvalue weighted by molar-refractivity contribution is 6.62. The van der Waals surface area contributed by atoms with Crippen LogP contribution in [0.25, 0.3) is 0 Å². The van der Waals surface area contributed by atoms with Crippen LogP contribution < -0.4 is 5.46 Å². The first-order chi connectivity index (χ1) is 9.89. The summed E-state index contributed by atoms with van der Waals surface area (Å²) in [4.78, 5) is 0. The highest BCUT2D eigenvalue weighted by Crippen LogP contribution is 2.36. The van der Waals surface area contributed by atoms with Gasteiger partial charge in [-0.25, -0.2) is 0 Å². The second kappa shape index (κ2) is 5.40. The van der Waals surface area contributed by atoms with Crippen LogP contribution in [0.2, 0.25) is 0 Å². The second-order valence-electron chi connectivity index (χ2n) is 6.69. The van der Waals surface area contributed by atoms with Gasteiger partial charge in [-0.2, -0.15) is 0 Å². The lowest BCUT2D eigenvalue weighted by molar-refractivity contribution is -0.0901. The second-order valence-corrected chi connectivity index (χ2v) is 6.69. The summed E-state index contributed by atoms with van der Waals surface area (Å²) in [6.07, 6.45) is 0.0334. The van der Waals surface area contributed by atoms with Crippen molar-refractivity contribution < 1.29 is 18.8 Å². The van der Waals surface area contributed by atoms with Crippen LogP contribution in [-0.4, -0.2) is 38.1 Å². The van der Waals surface area contributed by atoms with Crippen molar-refractivity contribution >= 4 is 12.6 Å². The molecular formula is C16H23BO4. The molecule has 2 aliphatic heterocycles. The average molecular weight is 290 g/mol. The molecule has 4 nitrogen and oxygen atoms in total. The van der Waals surface area contributed by atoms with Crippen LogP contribution in [0.15, 0.2) is 24.3 Å². The molecule has 0 amide bonds. The van der Waals surface area contributed by atoms with Gasteiger partial charge in [0.1, 0.15) is 6.10 Å². The molecule has 1 aromatic rings. The molecule has 2 fully saturated rings. The van der Waals surface area contributed by atoms with E-state index in [-0.39, 0.29) is 24.4 Å². The Bertz CT molecular complexity index is 476. The molecule has 0 N–H and O–H groups in total. The van der Waals surface area contributed by atoms with Crippen molar-refractivity contribution in [3.63, 3.8) is 0 Å². The van der Waals surface area contributed by atoms with Crippen LogP contribution in [0.5, 0.6) is 0 Å². The van der Waals surface area contributed by atoms with Gasteiger partial charge >= 0.3 is 7.12 Å². The van der Waals surface area contributed by atoms with Gasteiger partial charge in [-0.1, -0.05) is 24.3 Å². The summed E-state index contributed by atoms with van der Waals surface area (Å²) in [6, 6.07) is 8.24. The highest BCUT2D eigenvalue weighted by Gasteiger charge is 2.51. The molecule has 2 aliphatic rings. The maximum Gasteiger partial charge on any atom is 0.494 e. The van der Waals surface area contributed by atoms with Gasteiger partial charge in [-0.05, 0) is 38.7 Å². The first kappa shape index (κ1) is 15.0. The Labute approximate surface area is 126 Å². The van der Waals surface area contributed by atoms with E-state index >= 15 is 0 Å². The third kappa shape index (κ3) is 2.88. The number of rotatable bonds is 2. The lowest BCUT2D eigenvalue weighted by Gasteiger charge is -2.32. The zero-order valence-corrected chi connectivity index (χ0v) is 13.2. The highest BCUT2D eigenvalue weighted by atomic mass is 16.7. The Morgan fingerprint density at radius 1 is 0.952 bits per heavy atom. The monoisotopic (exact) mass is 290 g/mol. The fourth-order valence-electron chi connectivity index (χ4n) is 2.53. The quantitative estimate of drug-likeness (QED) is 0.781. The summed E-state index contributed by atoms with van der Waals surface area (Å²) in [5.74, 6) is 0. The lowest BCUT2D eigenvalue weighted by atomic mass is 9.78. The van der Waals surface area contributed by atoms with E-state index in [1.807, 2.05) is 0 Å². The summed E-state index contributed by atoms with van der Waals surface area (Å²) >= 11 is 0. The van der Waals surface area contributed by atoms with Crippen LogP contribution in [0.4, 0.5) is 0 Å². The van der Waals surface area contributed by atoms with Crippen LogP contribution in [0.3, 0.4) is 0 Å². The molecule has 1 aromatic carbocycles. The van der Waals surface area contributed by atoms with E-state index in [0.29, 0.717) is 19.8 Å².